The van der Waals surface area contributed by atoms with E-state index in [-0.39, 0.29) is 5.78 Å². The molecule has 0 saturated heterocycles. The van der Waals surface area contributed by atoms with Crippen LogP contribution >= 0.6 is 27.7 Å². The molecule has 0 unspecified atom stereocenters. The number of nitrogens with zero attached hydrogens (tertiary/aromatic N) is 1. The number of hydrogen-bond donors (Lipinski definition) is 0. The summed E-state index contributed by atoms with van der Waals surface area (Å²) < 4.78 is 1.04. The molecule has 0 saturated carbocycles. The van der Waals surface area contributed by atoms with Crippen LogP contribution in [-0.4, -0.2) is 16.5 Å². The fourth-order valence-electron chi connectivity index (χ4n) is 1.50. The van der Waals surface area contributed by atoms with Crippen LogP contribution in [0, 0.1) is 0 Å². The predicted molar refractivity (Wildman–Crippen MR) is 77.8 cm³/mol. The molecule has 0 aliphatic carbocycles. The highest BCUT2D eigenvalue weighted by Gasteiger charge is 2.05. The minimum absolute atomic E-state index is 0.228. The lowest BCUT2D eigenvalue weighted by Gasteiger charge is -2.02. The number of pyridine rings is 1. The smallest absolute Gasteiger partial charge is 0.147 e. The van der Waals surface area contributed by atoms with E-state index in [4.69, 9.17) is 0 Å². The molecule has 2 nitrogen and oxygen atoms in total. The van der Waals surface area contributed by atoms with Crippen molar-refractivity contribution < 1.29 is 4.79 Å². The summed E-state index contributed by atoms with van der Waals surface area (Å²) >= 11 is 4.98. The van der Waals surface area contributed by atoms with Crippen LogP contribution < -0.4 is 0 Å². The van der Waals surface area contributed by atoms with Crippen LogP contribution in [0.4, 0.5) is 0 Å². The van der Waals surface area contributed by atoms with Crippen LogP contribution in [0.2, 0.25) is 0 Å². The van der Waals surface area contributed by atoms with Gasteiger partial charge in [0, 0.05) is 28.2 Å². The van der Waals surface area contributed by atoms with Crippen LogP contribution in [0.1, 0.15) is 5.56 Å². The predicted octanol–water partition coefficient (Wildman–Crippen LogP) is 3.75. The highest BCUT2D eigenvalue weighted by molar-refractivity contribution is 9.10. The molecular weight excluding hydrogens is 310 g/mol. The Bertz CT molecular complexity index is 530. The molecule has 0 N–H and O–H groups in total. The van der Waals surface area contributed by atoms with Crippen LogP contribution in [0.5, 0.6) is 0 Å². The fraction of sp³-hybridized carbons (Fsp3) is 0.143. The highest BCUT2D eigenvalue weighted by Crippen LogP contribution is 2.22. The Morgan fingerprint density at radius 1 is 1.22 bits per heavy atom. The van der Waals surface area contributed by atoms with Crippen molar-refractivity contribution in [3.05, 3.63) is 58.8 Å². The summed E-state index contributed by atoms with van der Waals surface area (Å²) in [6.07, 6.45) is 3.90. The van der Waals surface area contributed by atoms with Crippen LogP contribution in [0.15, 0.2) is 58.2 Å². The Hall–Kier alpha value is -1.13. The number of hydrogen-bond acceptors (Lipinski definition) is 3. The van der Waals surface area contributed by atoms with Gasteiger partial charge in [0.25, 0.3) is 0 Å². The Morgan fingerprint density at radius 2 is 2.00 bits per heavy atom. The van der Waals surface area contributed by atoms with E-state index in [1.165, 1.54) is 0 Å². The lowest BCUT2D eigenvalue weighted by Crippen LogP contribution is -2.05. The monoisotopic (exact) mass is 321 g/mol. The van der Waals surface area contributed by atoms with Gasteiger partial charge in [-0.3, -0.25) is 9.78 Å². The lowest BCUT2D eigenvalue weighted by atomic mass is 10.1. The molecule has 1 heterocycles. The van der Waals surface area contributed by atoms with Crippen molar-refractivity contribution in [2.45, 2.75) is 11.3 Å². The van der Waals surface area contributed by atoms with E-state index in [0.29, 0.717) is 12.2 Å². The Morgan fingerprint density at radius 3 is 2.72 bits per heavy atom. The van der Waals surface area contributed by atoms with Crippen molar-refractivity contribution in [1.82, 2.24) is 4.98 Å². The summed E-state index contributed by atoms with van der Waals surface area (Å²) in [6, 6.07) is 11.7. The van der Waals surface area contributed by atoms with Crippen molar-refractivity contribution >= 4 is 33.5 Å². The maximum Gasteiger partial charge on any atom is 0.147 e. The third-order valence-electron chi connectivity index (χ3n) is 2.35. The lowest BCUT2D eigenvalue weighted by molar-refractivity contribution is -0.116. The molecular formula is C14H12BrNOS. The third-order valence-corrected chi connectivity index (χ3v) is 3.89. The van der Waals surface area contributed by atoms with Crippen molar-refractivity contribution in [2.24, 2.45) is 0 Å². The zero-order valence-electron chi connectivity index (χ0n) is 9.67. The molecule has 0 bridgehead atoms. The zero-order valence-corrected chi connectivity index (χ0v) is 12.1. The van der Waals surface area contributed by atoms with Gasteiger partial charge in [-0.25, -0.2) is 0 Å². The van der Waals surface area contributed by atoms with Gasteiger partial charge in [-0.1, -0.05) is 22.0 Å². The number of thioether (sulfide) groups is 1. The summed E-state index contributed by atoms with van der Waals surface area (Å²) in [5, 5.41) is 0. The highest BCUT2D eigenvalue weighted by atomic mass is 79.9. The summed E-state index contributed by atoms with van der Waals surface area (Å²) in [4.78, 5) is 16.9. The quantitative estimate of drug-likeness (QED) is 0.786. The van der Waals surface area contributed by atoms with Gasteiger partial charge in [-0.2, -0.15) is 0 Å². The van der Waals surface area contributed by atoms with Gasteiger partial charge in [-0.05, 0) is 35.9 Å². The molecule has 0 amide bonds. The molecule has 1 aromatic carbocycles. The second-order valence-corrected chi connectivity index (χ2v) is 5.78. The van der Waals surface area contributed by atoms with Crippen molar-refractivity contribution in [1.29, 1.82) is 0 Å². The number of ketones is 1. The van der Waals surface area contributed by atoms with E-state index in [0.717, 1.165) is 14.9 Å². The largest absolute Gasteiger partial charge is 0.298 e. The van der Waals surface area contributed by atoms with Gasteiger partial charge in [0.1, 0.15) is 5.78 Å². The Kier molecular flexibility index (Phi) is 4.96. The van der Waals surface area contributed by atoms with Gasteiger partial charge >= 0.3 is 0 Å². The molecule has 0 radical (unpaired) electrons. The van der Waals surface area contributed by atoms with E-state index < -0.39 is 0 Å². The Balaban J connectivity index is 1.85. The molecule has 0 fully saturated rings. The molecule has 0 atom stereocenters. The number of aromatic nitrogens is 1. The molecule has 4 heteroatoms. The number of halogens is 1. The number of rotatable bonds is 5. The van der Waals surface area contributed by atoms with E-state index in [9.17, 15) is 4.79 Å². The van der Waals surface area contributed by atoms with Gasteiger partial charge in [0.2, 0.25) is 0 Å². The second kappa shape index (κ2) is 6.71. The standard InChI is InChI=1S/C14H12BrNOS/c15-12-2-1-3-14(9-12)18-10-13(17)8-11-4-6-16-7-5-11/h1-7,9H,8,10H2. The molecule has 1 aromatic heterocycles. The first-order chi connectivity index (χ1) is 8.74. The summed E-state index contributed by atoms with van der Waals surface area (Å²) in [7, 11) is 0. The molecule has 92 valence electrons. The SMILES string of the molecule is O=C(CSc1cccc(Br)c1)Cc1ccncc1. The third kappa shape index (κ3) is 4.27. The number of carbonyl (C=O) groups is 1. The summed E-state index contributed by atoms with van der Waals surface area (Å²) in [5.41, 5.74) is 1.02. The Labute approximate surface area is 119 Å². The molecule has 0 spiro atoms. The number of Topliss-reactive ketones (excluding diaryl/α,β-unsaturated/α-hetero) is 1. The van der Waals surface area contributed by atoms with Crippen molar-refractivity contribution in [3.63, 3.8) is 0 Å². The minimum Gasteiger partial charge on any atom is -0.298 e. The van der Waals surface area contributed by atoms with Gasteiger partial charge in [0.15, 0.2) is 0 Å². The number of carbonyl (C=O) groups excluding carboxylic acids is 1. The average molecular weight is 322 g/mol. The zero-order chi connectivity index (χ0) is 12.8. The normalized spacial score (nSPS) is 10.3. The maximum atomic E-state index is 11.8. The minimum atomic E-state index is 0.228. The van der Waals surface area contributed by atoms with Gasteiger partial charge < -0.3 is 0 Å². The topological polar surface area (TPSA) is 30.0 Å². The van der Waals surface area contributed by atoms with Gasteiger partial charge in [-0.15, -0.1) is 11.8 Å². The van der Waals surface area contributed by atoms with Crippen LogP contribution in [0.25, 0.3) is 0 Å². The second-order valence-electron chi connectivity index (χ2n) is 3.82. The van der Waals surface area contributed by atoms with E-state index in [2.05, 4.69) is 20.9 Å². The van der Waals surface area contributed by atoms with Crippen molar-refractivity contribution in [3.8, 4) is 0 Å². The first-order valence-corrected chi connectivity index (χ1v) is 7.31. The summed E-state index contributed by atoms with van der Waals surface area (Å²) in [6.45, 7) is 0. The molecule has 0 aliphatic heterocycles. The van der Waals surface area contributed by atoms with Crippen LogP contribution in [0.3, 0.4) is 0 Å². The molecule has 2 aromatic rings. The van der Waals surface area contributed by atoms with Crippen molar-refractivity contribution in [2.75, 3.05) is 5.75 Å². The first kappa shape index (κ1) is 13.3. The van der Waals surface area contributed by atoms with Crippen LogP contribution in [-0.2, 0) is 11.2 Å². The first-order valence-electron chi connectivity index (χ1n) is 5.53. The fourth-order valence-corrected chi connectivity index (χ4v) is 2.87. The molecule has 0 aliphatic rings. The van der Waals surface area contributed by atoms with E-state index >= 15 is 0 Å². The van der Waals surface area contributed by atoms with E-state index in [1.807, 2.05) is 36.4 Å². The molecule has 2 rings (SSSR count). The summed E-state index contributed by atoms with van der Waals surface area (Å²) in [5.74, 6) is 0.727. The maximum absolute atomic E-state index is 11.8. The number of benzene rings is 1. The average Bonchev–Trinajstić information content (AvgIpc) is 2.38. The molecule has 18 heavy (non-hydrogen) atoms. The van der Waals surface area contributed by atoms with Gasteiger partial charge in [0.05, 0.1) is 5.75 Å². The van der Waals surface area contributed by atoms with E-state index in [1.54, 1.807) is 24.2 Å².